The predicted octanol–water partition coefficient (Wildman–Crippen LogP) is 19.2. The third-order valence-corrected chi connectivity index (χ3v) is 16.3. The molecule has 9 aromatic carbocycles. The van der Waals surface area contributed by atoms with Gasteiger partial charge in [0.25, 0.3) is 0 Å². The minimum Gasteiger partial charge on any atom is -0.357 e. The van der Waals surface area contributed by atoms with Crippen LogP contribution >= 0.6 is 0 Å². The molecule has 4 nitrogen and oxygen atoms in total. The summed E-state index contributed by atoms with van der Waals surface area (Å²) in [6, 6.07) is 83.2. The monoisotopic (exact) mass is 990 g/mol. The van der Waals surface area contributed by atoms with Crippen LogP contribution in [0.5, 0.6) is 0 Å². The molecule has 1 aliphatic heterocycles. The zero-order valence-electron chi connectivity index (χ0n) is 43.0. The van der Waals surface area contributed by atoms with Crippen molar-refractivity contribution < 1.29 is 0 Å². The van der Waals surface area contributed by atoms with Crippen LogP contribution in [-0.4, -0.2) is 16.7 Å². The molecule has 0 amide bonds. The van der Waals surface area contributed by atoms with E-state index in [1.54, 1.807) is 0 Å². The van der Waals surface area contributed by atoms with Crippen LogP contribution in [0, 0.1) is 0 Å². The molecule has 3 atom stereocenters. The van der Waals surface area contributed by atoms with Gasteiger partial charge in [0.2, 0.25) is 0 Å². The lowest BCUT2D eigenvalue weighted by atomic mass is 9.86. The van der Waals surface area contributed by atoms with Gasteiger partial charge in [0.1, 0.15) is 0 Å². The van der Waals surface area contributed by atoms with Gasteiger partial charge in [-0.25, -0.2) is 0 Å². The highest BCUT2D eigenvalue weighted by Gasteiger charge is 2.41. The van der Waals surface area contributed by atoms with Gasteiger partial charge in [-0.15, -0.1) is 0 Å². The number of fused-ring (bicyclic) bond motifs is 6. The maximum Gasteiger partial charge on any atom is 0.0549 e. The van der Waals surface area contributed by atoms with E-state index in [1.807, 2.05) is 0 Å². The summed E-state index contributed by atoms with van der Waals surface area (Å²) in [7, 11) is 0. The van der Waals surface area contributed by atoms with E-state index in [4.69, 9.17) is 0 Å². The summed E-state index contributed by atoms with van der Waals surface area (Å²) in [6.45, 7) is 4.40. The van der Waals surface area contributed by atoms with Crippen molar-refractivity contribution in [2.75, 3.05) is 14.7 Å². The van der Waals surface area contributed by atoms with Crippen molar-refractivity contribution in [1.29, 1.82) is 0 Å². The van der Waals surface area contributed by atoms with E-state index in [9.17, 15) is 0 Å². The molecule has 1 aromatic heterocycles. The first-order valence-corrected chi connectivity index (χ1v) is 27.2. The predicted molar refractivity (Wildman–Crippen MR) is 325 cm³/mol. The molecule has 0 N–H and O–H groups in total. The number of allylic oxidation sites excluding steroid dienone is 5. The molecule has 14 rings (SSSR count). The van der Waals surface area contributed by atoms with E-state index in [0.717, 1.165) is 76.5 Å². The number of anilines is 7. The van der Waals surface area contributed by atoms with Crippen LogP contribution in [0.2, 0.25) is 0 Å². The third-order valence-electron chi connectivity index (χ3n) is 16.3. The van der Waals surface area contributed by atoms with Crippen LogP contribution in [0.3, 0.4) is 0 Å². The first-order valence-electron chi connectivity index (χ1n) is 27.2. The average Bonchev–Trinajstić information content (AvgIpc) is 4.12. The van der Waals surface area contributed by atoms with Gasteiger partial charge in [0.05, 0.1) is 23.3 Å². The minimum atomic E-state index is 0.354. The summed E-state index contributed by atoms with van der Waals surface area (Å²) in [4.78, 5) is 7.52. The van der Waals surface area contributed by atoms with Gasteiger partial charge in [0, 0.05) is 56.8 Å². The molecule has 2 heterocycles. The molecule has 0 saturated carbocycles. The maximum absolute atomic E-state index is 4.40. The zero-order valence-corrected chi connectivity index (χ0v) is 43.0. The standard InChI is InChI=1S/C73H58N4/c1-51-26-45-71-67(48-51)69-50-65(44-47-73(69)77(71)59-22-12-5-13-23-59)75(61-37-29-55(30-38-61)53-18-8-3-9-19-53)63-41-33-57(34-42-63)56-31-39-62(40-32-56)74(60-35-27-54(28-36-60)52-16-6-2-7-17-52)64-43-46-72-68(49-64)66-24-14-15-25-70(66)76(72)58-20-10-4-11-21-58/h2-13,15-20,22-23,25-47,49-50,58,66,70H,1,14,21,24,48H2/t58-,66?,70+/m1/s1. The summed E-state index contributed by atoms with van der Waals surface area (Å²) < 4.78 is 2.40. The molecule has 0 bridgehead atoms. The molecule has 4 aliphatic rings. The lowest BCUT2D eigenvalue weighted by Crippen LogP contribution is -2.41. The molecular weight excluding hydrogens is 933 g/mol. The van der Waals surface area contributed by atoms with Crippen molar-refractivity contribution in [3.63, 3.8) is 0 Å². The van der Waals surface area contributed by atoms with Crippen molar-refractivity contribution >= 4 is 56.8 Å². The van der Waals surface area contributed by atoms with Crippen LogP contribution in [0.15, 0.2) is 279 Å². The Kier molecular flexibility index (Phi) is 11.8. The largest absolute Gasteiger partial charge is 0.357 e. The van der Waals surface area contributed by atoms with Gasteiger partial charge < -0.3 is 19.3 Å². The van der Waals surface area contributed by atoms with Gasteiger partial charge >= 0.3 is 0 Å². The fourth-order valence-electron chi connectivity index (χ4n) is 12.6. The Balaban J connectivity index is 0.824. The first-order chi connectivity index (χ1) is 38.1. The average molecular weight is 991 g/mol. The number of hydrogen-bond acceptors (Lipinski definition) is 3. The number of hydrogen-bond donors (Lipinski definition) is 0. The molecule has 4 heteroatoms. The van der Waals surface area contributed by atoms with Crippen LogP contribution in [0.1, 0.15) is 42.0 Å². The third kappa shape index (κ3) is 8.53. The van der Waals surface area contributed by atoms with Crippen molar-refractivity contribution in [2.45, 2.75) is 43.7 Å². The van der Waals surface area contributed by atoms with E-state index >= 15 is 0 Å². The number of para-hydroxylation sites is 1. The second-order valence-electron chi connectivity index (χ2n) is 20.9. The number of nitrogens with zero attached hydrogens (tertiary/aromatic N) is 4. The van der Waals surface area contributed by atoms with E-state index in [-0.39, 0.29) is 0 Å². The van der Waals surface area contributed by atoms with Crippen LogP contribution in [-0.2, 0) is 6.42 Å². The number of rotatable bonds is 11. The quantitative estimate of drug-likeness (QED) is 0.120. The Bertz CT molecular complexity index is 3920. The van der Waals surface area contributed by atoms with E-state index in [0.29, 0.717) is 18.0 Å². The minimum absolute atomic E-state index is 0.354. The Morgan fingerprint density at radius 2 is 0.961 bits per heavy atom. The van der Waals surface area contributed by atoms with Gasteiger partial charge in [-0.1, -0.05) is 182 Å². The Hall–Kier alpha value is -9.38. The van der Waals surface area contributed by atoms with Gasteiger partial charge in [-0.2, -0.15) is 0 Å². The molecule has 0 radical (unpaired) electrons. The van der Waals surface area contributed by atoms with Crippen molar-refractivity contribution in [3.05, 3.63) is 296 Å². The number of benzene rings is 9. The summed E-state index contributed by atoms with van der Waals surface area (Å²) in [5, 5.41) is 1.24. The van der Waals surface area contributed by atoms with Gasteiger partial charge in [-0.3, -0.25) is 0 Å². The zero-order chi connectivity index (χ0) is 51.2. The topological polar surface area (TPSA) is 14.7 Å². The fourth-order valence-corrected chi connectivity index (χ4v) is 12.6. The molecule has 10 aromatic rings. The molecule has 3 aliphatic carbocycles. The van der Waals surface area contributed by atoms with Crippen LogP contribution in [0.4, 0.5) is 39.8 Å². The van der Waals surface area contributed by atoms with Crippen molar-refractivity contribution in [1.82, 2.24) is 4.57 Å². The summed E-state index contributed by atoms with van der Waals surface area (Å²) in [5.74, 6) is 0.458. The lowest BCUT2D eigenvalue weighted by Gasteiger charge is -2.36. The number of aromatic nitrogens is 1. The molecule has 77 heavy (non-hydrogen) atoms. The molecule has 0 spiro atoms. The molecule has 0 fully saturated rings. The van der Waals surface area contributed by atoms with E-state index in [2.05, 4.69) is 299 Å². The van der Waals surface area contributed by atoms with Gasteiger partial charge in [-0.05, 0) is 173 Å². The van der Waals surface area contributed by atoms with Crippen LogP contribution in [0.25, 0.3) is 56.0 Å². The van der Waals surface area contributed by atoms with E-state index < -0.39 is 0 Å². The van der Waals surface area contributed by atoms with E-state index in [1.165, 1.54) is 61.4 Å². The van der Waals surface area contributed by atoms with Crippen molar-refractivity contribution in [2.24, 2.45) is 0 Å². The molecular formula is C73H58N4. The smallest absolute Gasteiger partial charge is 0.0549 e. The Morgan fingerprint density at radius 1 is 0.455 bits per heavy atom. The summed E-state index contributed by atoms with van der Waals surface area (Å²) in [6.07, 6.45) is 22.5. The maximum atomic E-state index is 4.40. The SMILES string of the molecule is C=C1C=Cc2c(c3cc(N(c4ccc(-c5ccccc5)cc4)c4ccc(-c5ccc(N(c6ccc(-c7ccccc7)cc6)c6ccc7c(c6)C6CCC=C[C@@H]6N7[C@@H]6C=CC=CC6)cc5)cc4)ccc3n2-c2ccccc2)C1. The summed E-state index contributed by atoms with van der Waals surface area (Å²) in [5.41, 5.74) is 22.7. The first kappa shape index (κ1) is 46.2. The highest BCUT2D eigenvalue weighted by molar-refractivity contribution is 5.96. The molecule has 0 saturated heterocycles. The summed E-state index contributed by atoms with van der Waals surface area (Å²) >= 11 is 0. The van der Waals surface area contributed by atoms with Crippen molar-refractivity contribution in [3.8, 4) is 39.1 Å². The highest BCUT2D eigenvalue weighted by atomic mass is 15.2. The van der Waals surface area contributed by atoms with Crippen LogP contribution < -0.4 is 14.7 Å². The fraction of sp³-hybridized carbons (Fsp3) is 0.0959. The second kappa shape index (κ2) is 19.7. The lowest BCUT2D eigenvalue weighted by molar-refractivity contribution is 0.523. The molecule has 370 valence electrons. The highest BCUT2D eigenvalue weighted by Crippen LogP contribution is 2.50. The Labute approximate surface area is 452 Å². The normalized spacial score (nSPS) is 17.1. The second-order valence-corrected chi connectivity index (χ2v) is 20.9. The molecule has 1 unspecified atom stereocenters. The van der Waals surface area contributed by atoms with Gasteiger partial charge in [0.15, 0.2) is 0 Å². The Morgan fingerprint density at radius 3 is 1.51 bits per heavy atom.